The van der Waals surface area contributed by atoms with Crippen molar-refractivity contribution in [3.8, 4) is 28.3 Å². The SMILES string of the molecule is Nc1ncccc1-c1nc2ccc(-c3ccccc3Cl)nc2n1-c1ccc(CN2CCN(c3ncccn3)CC2)cc1. The minimum atomic E-state index is 0.414. The van der Waals surface area contributed by atoms with Crippen molar-refractivity contribution >= 4 is 34.5 Å². The molecule has 5 heterocycles. The van der Waals surface area contributed by atoms with Crippen LogP contribution in [-0.2, 0) is 6.54 Å². The van der Waals surface area contributed by atoms with E-state index in [1.807, 2.05) is 59.2 Å². The van der Waals surface area contributed by atoms with Crippen molar-refractivity contribution in [1.82, 2.24) is 34.4 Å². The van der Waals surface area contributed by atoms with Crippen molar-refractivity contribution in [3.05, 3.63) is 108 Å². The van der Waals surface area contributed by atoms with Gasteiger partial charge in [0.15, 0.2) is 11.5 Å². The largest absolute Gasteiger partial charge is 0.383 e. The van der Waals surface area contributed by atoms with Crippen molar-refractivity contribution in [3.63, 3.8) is 0 Å². The fraction of sp³-hybridized carbons (Fsp3) is 0.156. The molecule has 9 nitrogen and oxygen atoms in total. The second-order valence-electron chi connectivity index (χ2n) is 10.2. The second-order valence-corrected chi connectivity index (χ2v) is 10.6. The maximum Gasteiger partial charge on any atom is 0.225 e. The lowest BCUT2D eigenvalue weighted by Gasteiger charge is -2.34. The number of hydrogen-bond donors (Lipinski definition) is 1. The van der Waals surface area contributed by atoms with Crippen LogP contribution in [0, 0.1) is 0 Å². The van der Waals surface area contributed by atoms with E-state index in [-0.39, 0.29) is 0 Å². The summed E-state index contributed by atoms with van der Waals surface area (Å²) in [6, 6.07) is 25.9. The van der Waals surface area contributed by atoms with E-state index in [4.69, 9.17) is 27.3 Å². The van der Waals surface area contributed by atoms with Gasteiger partial charge in [-0.3, -0.25) is 9.47 Å². The Morgan fingerprint density at radius 2 is 1.45 bits per heavy atom. The van der Waals surface area contributed by atoms with E-state index in [0.29, 0.717) is 16.7 Å². The molecule has 2 N–H and O–H groups in total. The predicted molar refractivity (Wildman–Crippen MR) is 166 cm³/mol. The molecule has 42 heavy (non-hydrogen) atoms. The molecule has 1 saturated heterocycles. The minimum Gasteiger partial charge on any atom is -0.383 e. The van der Waals surface area contributed by atoms with Gasteiger partial charge in [-0.25, -0.2) is 24.9 Å². The van der Waals surface area contributed by atoms with Gasteiger partial charge < -0.3 is 10.6 Å². The standard InChI is InChI=1S/C32H28ClN9/c33-26-7-2-1-5-24(26)27-12-13-28-31(38-27)42(30(39-28)25-6-3-14-35-29(25)34)23-10-8-22(9-11-23)21-40-17-19-41(20-18-40)32-36-15-4-16-37-32/h1-16H,17-21H2,(H2,34,35). The van der Waals surface area contributed by atoms with Gasteiger partial charge in [0.1, 0.15) is 11.3 Å². The maximum absolute atomic E-state index is 6.53. The zero-order chi connectivity index (χ0) is 28.5. The van der Waals surface area contributed by atoms with Crippen LogP contribution in [0.5, 0.6) is 0 Å². The fourth-order valence-corrected chi connectivity index (χ4v) is 5.61. The molecule has 0 bridgehead atoms. The Morgan fingerprint density at radius 1 is 0.714 bits per heavy atom. The van der Waals surface area contributed by atoms with E-state index in [0.717, 1.165) is 72.3 Å². The quantitative estimate of drug-likeness (QED) is 0.279. The summed E-state index contributed by atoms with van der Waals surface area (Å²) in [6.45, 7) is 4.57. The molecule has 0 amide bonds. The topological polar surface area (TPSA) is 102 Å². The monoisotopic (exact) mass is 573 g/mol. The van der Waals surface area contributed by atoms with Crippen LogP contribution in [0.3, 0.4) is 0 Å². The molecule has 0 spiro atoms. The normalized spacial score (nSPS) is 14.0. The highest BCUT2D eigenvalue weighted by Gasteiger charge is 2.21. The van der Waals surface area contributed by atoms with Gasteiger partial charge in [-0.1, -0.05) is 41.9 Å². The molecule has 0 atom stereocenters. The van der Waals surface area contributed by atoms with Gasteiger partial charge in [-0.15, -0.1) is 0 Å². The summed E-state index contributed by atoms with van der Waals surface area (Å²) in [5, 5.41) is 0.647. The maximum atomic E-state index is 6.53. The average Bonchev–Trinajstić information content (AvgIpc) is 3.41. The molecule has 208 valence electrons. The van der Waals surface area contributed by atoms with Crippen molar-refractivity contribution in [2.24, 2.45) is 0 Å². The number of halogens is 1. The number of benzene rings is 2. The predicted octanol–water partition coefficient (Wildman–Crippen LogP) is 5.50. The lowest BCUT2D eigenvalue weighted by atomic mass is 10.1. The van der Waals surface area contributed by atoms with E-state index >= 15 is 0 Å². The number of anilines is 2. The van der Waals surface area contributed by atoms with E-state index in [2.05, 4.69) is 49.0 Å². The summed E-state index contributed by atoms with van der Waals surface area (Å²) in [5.74, 6) is 1.90. The summed E-state index contributed by atoms with van der Waals surface area (Å²) in [7, 11) is 0. The number of fused-ring (bicyclic) bond motifs is 1. The Bertz CT molecular complexity index is 1850. The van der Waals surface area contributed by atoms with Crippen LogP contribution >= 0.6 is 11.6 Å². The van der Waals surface area contributed by atoms with E-state index < -0.39 is 0 Å². The lowest BCUT2D eigenvalue weighted by molar-refractivity contribution is 0.248. The first-order chi connectivity index (χ1) is 20.6. The van der Waals surface area contributed by atoms with Crippen LogP contribution in [0.15, 0.2) is 97.5 Å². The summed E-state index contributed by atoms with van der Waals surface area (Å²) >= 11 is 6.53. The molecule has 0 aliphatic carbocycles. The molecule has 2 aromatic carbocycles. The highest BCUT2D eigenvalue weighted by atomic mass is 35.5. The van der Waals surface area contributed by atoms with Gasteiger partial charge in [0.05, 0.1) is 11.3 Å². The number of piperazine rings is 1. The van der Waals surface area contributed by atoms with Crippen LogP contribution in [-0.4, -0.2) is 60.6 Å². The third-order valence-corrected chi connectivity index (χ3v) is 7.87. The van der Waals surface area contributed by atoms with E-state index in [1.54, 1.807) is 18.6 Å². The number of pyridine rings is 2. The third kappa shape index (κ3) is 5.04. The smallest absolute Gasteiger partial charge is 0.225 e. The van der Waals surface area contributed by atoms with Gasteiger partial charge in [0.2, 0.25) is 5.95 Å². The first kappa shape index (κ1) is 26.1. The zero-order valence-corrected chi connectivity index (χ0v) is 23.6. The molecule has 7 rings (SSSR count). The molecule has 1 aliphatic heterocycles. The summed E-state index contributed by atoms with van der Waals surface area (Å²) in [5.41, 5.74) is 12.4. The van der Waals surface area contributed by atoms with Gasteiger partial charge in [-0.2, -0.15) is 0 Å². The molecular weight excluding hydrogens is 546 g/mol. The van der Waals surface area contributed by atoms with Crippen LogP contribution in [0.1, 0.15) is 5.56 Å². The van der Waals surface area contributed by atoms with Gasteiger partial charge >= 0.3 is 0 Å². The van der Waals surface area contributed by atoms with Crippen molar-refractivity contribution in [2.45, 2.75) is 6.54 Å². The minimum absolute atomic E-state index is 0.414. The number of nitrogens with zero attached hydrogens (tertiary/aromatic N) is 8. The van der Waals surface area contributed by atoms with Gasteiger partial charge in [0, 0.05) is 67.6 Å². The van der Waals surface area contributed by atoms with Crippen molar-refractivity contribution in [1.29, 1.82) is 0 Å². The fourth-order valence-electron chi connectivity index (χ4n) is 5.38. The average molecular weight is 574 g/mol. The number of rotatable bonds is 6. The Balaban J connectivity index is 1.21. The highest BCUT2D eigenvalue weighted by Crippen LogP contribution is 2.33. The first-order valence-electron chi connectivity index (χ1n) is 13.8. The number of aromatic nitrogens is 6. The molecular formula is C32H28ClN9. The van der Waals surface area contributed by atoms with Crippen LogP contribution in [0.4, 0.5) is 11.8 Å². The van der Waals surface area contributed by atoms with Crippen LogP contribution in [0.25, 0.3) is 39.5 Å². The van der Waals surface area contributed by atoms with Crippen molar-refractivity contribution in [2.75, 3.05) is 36.8 Å². The van der Waals surface area contributed by atoms with Crippen LogP contribution < -0.4 is 10.6 Å². The highest BCUT2D eigenvalue weighted by molar-refractivity contribution is 6.33. The number of nitrogen functional groups attached to an aromatic ring is 1. The van der Waals surface area contributed by atoms with Gasteiger partial charge in [0.25, 0.3) is 0 Å². The Labute approximate surface area is 248 Å². The Morgan fingerprint density at radius 3 is 2.21 bits per heavy atom. The number of imidazole rings is 1. The zero-order valence-electron chi connectivity index (χ0n) is 22.8. The number of nitrogens with two attached hydrogens (primary N) is 1. The summed E-state index contributed by atoms with van der Waals surface area (Å²) in [4.78, 5) is 27.8. The molecule has 4 aromatic heterocycles. The van der Waals surface area contributed by atoms with E-state index in [1.165, 1.54) is 5.56 Å². The van der Waals surface area contributed by atoms with E-state index in [9.17, 15) is 0 Å². The Hall–Kier alpha value is -4.86. The second kappa shape index (κ2) is 11.2. The summed E-state index contributed by atoms with van der Waals surface area (Å²) in [6.07, 6.45) is 5.27. The number of hydrogen-bond acceptors (Lipinski definition) is 8. The molecule has 0 unspecified atom stereocenters. The molecule has 1 aliphatic rings. The molecule has 0 radical (unpaired) electrons. The van der Waals surface area contributed by atoms with Crippen LogP contribution in [0.2, 0.25) is 5.02 Å². The summed E-state index contributed by atoms with van der Waals surface area (Å²) < 4.78 is 2.05. The molecule has 10 heteroatoms. The lowest BCUT2D eigenvalue weighted by Crippen LogP contribution is -2.46. The molecule has 1 fully saturated rings. The van der Waals surface area contributed by atoms with Crippen molar-refractivity contribution < 1.29 is 0 Å². The first-order valence-corrected chi connectivity index (χ1v) is 14.2. The molecule has 0 saturated carbocycles. The van der Waals surface area contributed by atoms with Gasteiger partial charge in [-0.05, 0) is 54.1 Å². The third-order valence-electron chi connectivity index (χ3n) is 7.54. The Kier molecular flexibility index (Phi) is 6.95. The molecule has 6 aromatic rings.